The van der Waals surface area contributed by atoms with Gasteiger partial charge < -0.3 is 9.73 Å². The molecule has 0 aliphatic rings. The summed E-state index contributed by atoms with van der Waals surface area (Å²) in [5.74, 6) is 0.771. The number of amides is 2. The van der Waals surface area contributed by atoms with E-state index in [1.165, 1.54) is 10.5 Å². The third kappa shape index (κ3) is 6.82. The molecule has 0 aliphatic heterocycles. The Kier molecular flexibility index (Phi) is 8.17. The molecule has 0 fully saturated rings. The number of rotatable bonds is 9. The predicted octanol–water partition coefficient (Wildman–Crippen LogP) is 5.48. The van der Waals surface area contributed by atoms with Gasteiger partial charge in [-0.1, -0.05) is 60.1 Å². The second-order valence-corrected chi connectivity index (χ2v) is 10.1. The molecule has 10 heteroatoms. The fraction of sp³-hybridized carbons (Fsp3) is 0.0769. The first-order chi connectivity index (χ1) is 17.4. The highest BCUT2D eigenvalue weighted by Gasteiger charge is 2.26. The Bertz CT molecular complexity index is 1420. The van der Waals surface area contributed by atoms with Crippen molar-refractivity contribution in [2.45, 2.75) is 18.0 Å². The number of hydrazone groups is 1. The minimum atomic E-state index is -3.81. The summed E-state index contributed by atoms with van der Waals surface area (Å²) in [7, 11) is -3.81. The van der Waals surface area contributed by atoms with Gasteiger partial charge in [0.05, 0.1) is 17.7 Å². The predicted molar refractivity (Wildman–Crippen MR) is 139 cm³/mol. The van der Waals surface area contributed by atoms with E-state index in [1.807, 2.05) is 6.07 Å². The Balaban J connectivity index is 1.46. The maximum atomic E-state index is 13.4. The van der Waals surface area contributed by atoms with Gasteiger partial charge in [0.25, 0.3) is 0 Å². The lowest BCUT2D eigenvalue weighted by atomic mass is 10.2. The number of carbonyl (C=O) groups excluding carboxylic acids is 1. The number of halogens is 1. The molecule has 1 heterocycles. The molecule has 0 saturated heterocycles. The zero-order chi connectivity index (χ0) is 25.4. The van der Waals surface area contributed by atoms with Gasteiger partial charge in [-0.3, -0.25) is 0 Å². The van der Waals surface area contributed by atoms with Gasteiger partial charge in [-0.2, -0.15) is 9.41 Å². The van der Waals surface area contributed by atoms with Crippen LogP contribution in [0.1, 0.15) is 17.1 Å². The first-order valence-corrected chi connectivity index (χ1v) is 12.8. The number of nitrogens with one attached hydrogen (secondary N) is 2. The fourth-order valence-corrected chi connectivity index (χ4v) is 4.86. The normalized spacial score (nSPS) is 11.6. The average Bonchev–Trinajstić information content (AvgIpc) is 3.33. The van der Waals surface area contributed by atoms with Crippen LogP contribution in [-0.4, -0.2) is 25.0 Å². The van der Waals surface area contributed by atoms with Crippen LogP contribution in [0.2, 0.25) is 5.02 Å². The quantitative estimate of drug-likeness (QED) is 0.224. The van der Waals surface area contributed by atoms with E-state index in [4.69, 9.17) is 16.0 Å². The molecule has 0 atom stereocenters. The van der Waals surface area contributed by atoms with Crippen molar-refractivity contribution < 1.29 is 17.6 Å². The van der Waals surface area contributed by atoms with Gasteiger partial charge in [0.1, 0.15) is 11.5 Å². The molecular formula is C26H23ClN4O4S. The first-order valence-electron chi connectivity index (χ1n) is 10.9. The zero-order valence-electron chi connectivity index (χ0n) is 19.0. The van der Waals surface area contributed by atoms with Crippen molar-refractivity contribution in [3.8, 4) is 0 Å². The lowest BCUT2D eigenvalue weighted by Crippen LogP contribution is -2.30. The number of carbonyl (C=O) groups is 1. The van der Waals surface area contributed by atoms with Crippen molar-refractivity contribution in [3.05, 3.63) is 119 Å². The topological polar surface area (TPSA) is 104 Å². The van der Waals surface area contributed by atoms with Crippen LogP contribution >= 0.6 is 11.6 Å². The molecule has 2 N–H and O–H groups in total. The van der Waals surface area contributed by atoms with Crippen LogP contribution in [0.25, 0.3) is 0 Å². The largest absolute Gasteiger partial charge is 0.459 e. The number of anilines is 1. The maximum absolute atomic E-state index is 13.4. The van der Waals surface area contributed by atoms with E-state index in [1.54, 1.807) is 91.0 Å². The van der Waals surface area contributed by atoms with Crippen molar-refractivity contribution in [3.63, 3.8) is 0 Å². The van der Waals surface area contributed by atoms with E-state index in [2.05, 4.69) is 15.8 Å². The SMILES string of the molecule is O=C(N/N=C\c1ccc(CN(Cc2ccc(Cl)cc2)S(=O)(=O)c2ccccc2)o1)Nc1ccccc1. The summed E-state index contributed by atoms with van der Waals surface area (Å²) in [5.41, 5.74) is 3.76. The summed E-state index contributed by atoms with van der Waals surface area (Å²) < 4.78 is 33.9. The number of hydrogen-bond acceptors (Lipinski definition) is 5. The molecule has 3 aromatic carbocycles. The van der Waals surface area contributed by atoms with Crippen LogP contribution in [0.3, 0.4) is 0 Å². The van der Waals surface area contributed by atoms with Gasteiger partial charge >= 0.3 is 6.03 Å². The van der Waals surface area contributed by atoms with Crippen LogP contribution in [0, 0.1) is 0 Å². The number of furan rings is 1. The summed E-state index contributed by atoms with van der Waals surface area (Å²) in [6.45, 7) is 0.120. The van der Waals surface area contributed by atoms with Crippen LogP contribution in [-0.2, 0) is 23.1 Å². The van der Waals surface area contributed by atoms with E-state index in [-0.39, 0.29) is 18.0 Å². The molecule has 184 valence electrons. The van der Waals surface area contributed by atoms with Crippen molar-refractivity contribution >= 4 is 39.6 Å². The highest BCUT2D eigenvalue weighted by atomic mass is 35.5. The highest BCUT2D eigenvalue weighted by molar-refractivity contribution is 7.89. The van der Waals surface area contributed by atoms with Crippen molar-refractivity contribution in [1.29, 1.82) is 0 Å². The Morgan fingerprint density at radius 2 is 1.56 bits per heavy atom. The van der Waals surface area contributed by atoms with Gasteiger partial charge in [0.2, 0.25) is 10.0 Å². The summed E-state index contributed by atoms with van der Waals surface area (Å²) in [4.78, 5) is 12.1. The van der Waals surface area contributed by atoms with Crippen molar-refractivity contribution in [2.24, 2.45) is 5.10 Å². The molecule has 2 amide bonds. The van der Waals surface area contributed by atoms with Crippen LogP contribution in [0.15, 0.2) is 111 Å². The molecular weight excluding hydrogens is 500 g/mol. The zero-order valence-corrected chi connectivity index (χ0v) is 20.6. The van der Waals surface area contributed by atoms with E-state index in [0.717, 1.165) is 5.56 Å². The Morgan fingerprint density at radius 3 is 2.25 bits per heavy atom. The third-order valence-corrected chi connectivity index (χ3v) is 7.12. The molecule has 4 aromatic rings. The summed E-state index contributed by atoms with van der Waals surface area (Å²) in [6, 6.07) is 27.0. The van der Waals surface area contributed by atoms with E-state index < -0.39 is 16.1 Å². The Morgan fingerprint density at radius 1 is 0.889 bits per heavy atom. The van der Waals surface area contributed by atoms with Gasteiger partial charge in [0, 0.05) is 17.3 Å². The second-order valence-electron chi connectivity index (χ2n) is 7.71. The van der Waals surface area contributed by atoms with Gasteiger partial charge in [-0.05, 0) is 54.1 Å². The molecule has 0 bridgehead atoms. The summed E-state index contributed by atoms with van der Waals surface area (Å²) in [6.07, 6.45) is 1.34. The number of nitrogens with zero attached hydrogens (tertiary/aromatic N) is 2. The van der Waals surface area contributed by atoms with Crippen molar-refractivity contribution in [1.82, 2.24) is 9.73 Å². The lowest BCUT2D eigenvalue weighted by Gasteiger charge is -2.21. The van der Waals surface area contributed by atoms with E-state index >= 15 is 0 Å². The molecule has 8 nitrogen and oxygen atoms in total. The Labute approximate surface area is 214 Å². The molecule has 0 spiro atoms. The van der Waals surface area contributed by atoms with Crippen LogP contribution in [0.5, 0.6) is 0 Å². The lowest BCUT2D eigenvalue weighted by molar-refractivity contribution is 0.252. The molecule has 0 unspecified atom stereocenters. The fourth-order valence-electron chi connectivity index (χ4n) is 3.32. The number of hydrogen-bond donors (Lipinski definition) is 2. The van der Waals surface area contributed by atoms with Gasteiger partial charge in [0.15, 0.2) is 0 Å². The molecule has 0 saturated carbocycles. The third-order valence-electron chi connectivity index (χ3n) is 5.06. The second kappa shape index (κ2) is 11.7. The maximum Gasteiger partial charge on any atom is 0.339 e. The average molecular weight is 523 g/mol. The molecule has 0 radical (unpaired) electrons. The molecule has 36 heavy (non-hydrogen) atoms. The highest BCUT2D eigenvalue weighted by Crippen LogP contribution is 2.22. The minimum Gasteiger partial charge on any atom is -0.459 e. The smallest absolute Gasteiger partial charge is 0.339 e. The van der Waals surface area contributed by atoms with Gasteiger partial charge in [-0.25, -0.2) is 18.6 Å². The van der Waals surface area contributed by atoms with Crippen molar-refractivity contribution in [2.75, 3.05) is 5.32 Å². The monoisotopic (exact) mass is 522 g/mol. The molecule has 1 aromatic heterocycles. The number of sulfonamides is 1. The molecule has 4 rings (SSSR count). The van der Waals surface area contributed by atoms with Crippen LogP contribution in [0.4, 0.5) is 10.5 Å². The first kappa shape index (κ1) is 25.2. The number of para-hydroxylation sites is 1. The number of benzene rings is 3. The van der Waals surface area contributed by atoms with Crippen LogP contribution < -0.4 is 10.7 Å². The summed E-state index contributed by atoms with van der Waals surface area (Å²) in [5, 5.41) is 7.09. The standard InChI is InChI=1S/C26H23ClN4O4S/c27-21-13-11-20(12-14-21)18-31(36(33,34)25-9-5-2-6-10-25)19-24-16-15-23(35-24)17-28-30-26(32)29-22-7-3-1-4-8-22/h1-17H,18-19H2,(H2,29,30,32)/b28-17-. The van der Waals surface area contributed by atoms with E-state index in [0.29, 0.717) is 22.2 Å². The van der Waals surface area contributed by atoms with E-state index in [9.17, 15) is 13.2 Å². The summed E-state index contributed by atoms with van der Waals surface area (Å²) >= 11 is 5.98. The number of urea groups is 1. The molecule has 0 aliphatic carbocycles. The Hall–Kier alpha value is -3.92. The van der Waals surface area contributed by atoms with Gasteiger partial charge in [-0.15, -0.1) is 0 Å². The minimum absolute atomic E-state index is 0.00435.